The van der Waals surface area contributed by atoms with Gasteiger partial charge in [0.2, 0.25) is 23.6 Å². The topological polar surface area (TPSA) is 101 Å². The van der Waals surface area contributed by atoms with Gasteiger partial charge >= 0.3 is 6.18 Å². The summed E-state index contributed by atoms with van der Waals surface area (Å²) >= 11 is 0. The third-order valence-corrected chi connectivity index (χ3v) is 8.42. The normalized spacial score (nSPS) is 17.0. The van der Waals surface area contributed by atoms with Crippen molar-refractivity contribution in [1.82, 2.24) is 19.7 Å². The van der Waals surface area contributed by atoms with Gasteiger partial charge in [-0.3, -0.25) is 24.1 Å². The van der Waals surface area contributed by atoms with Gasteiger partial charge < -0.3 is 24.5 Å². The largest absolute Gasteiger partial charge is 0.416 e. The summed E-state index contributed by atoms with van der Waals surface area (Å²) in [5.74, 6) is -2.41. The van der Waals surface area contributed by atoms with Crippen LogP contribution < -0.4 is 14.7 Å². The zero-order valence-electron chi connectivity index (χ0n) is 26.9. The maximum atomic E-state index is 15.3. The number of rotatable bonds is 11. The summed E-state index contributed by atoms with van der Waals surface area (Å²) in [5.41, 5.74) is -0.571. The predicted octanol–water partition coefficient (Wildman–Crippen LogP) is 2.93. The van der Waals surface area contributed by atoms with E-state index in [1.54, 1.807) is 22.9 Å². The maximum Gasteiger partial charge on any atom is 0.416 e. The molecule has 11 nitrogen and oxygen atoms in total. The van der Waals surface area contributed by atoms with E-state index in [9.17, 15) is 32.3 Å². The van der Waals surface area contributed by atoms with Crippen molar-refractivity contribution < 1.29 is 36.7 Å². The highest BCUT2D eigenvalue weighted by atomic mass is 19.4. The summed E-state index contributed by atoms with van der Waals surface area (Å²) in [7, 11) is 4.98. The average Bonchev–Trinajstić information content (AvgIpc) is 3.42. The number of likely N-dealkylation sites (N-methyl/N-ethyl adjacent to an activating group) is 3. The number of alkyl halides is 3. The van der Waals surface area contributed by atoms with E-state index in [4.69, 9.17) is 0 Å². The number of amides is 4. The van der Waals surface area contributed by atoms with Crippen LogP contribution in [0, 0.1) is 12.7 Å². The molecule has 2 aliphatic heterocycles. The number of piperazine rings is 1. The summed E-state index contributed by atoms with van der Waals surface area (Å²) in [6.07, 6.45) is -3.48. The van der Waals surface area contributed by atoms with E-state index in [1.807, 2.05) is 11.9 Å². The van der Waals surface area contributed by atoms with Gasteiger partial charge in [-0.05, 0) is 50.7 Å². The molecule has 1 unspecified atom stereocenters. The Morgan fingerprint density at radius 2 is 1.79 bits per heavy atom. The van der Waals surface area contributed by atoms with Crippen molar-refractivity contribution in [3.63, 3.8) is 0 Å². The monoisotopic (exact) mass is 661 g/mol. The summed E-state index contributed by atoms with van der Waals surface area (Å²) in [4.78, 5) is 64.1. The van der Waals surface area contributed by atoms with Crippen LogP contribution in [0.5, 0.6) is 0 Å². The molecule has 4 amide bonds. The number of anilines is 3. The van der Waals surface area contributed by atoms with Gasteiger partial charge in [-0.25, -0.2) is 9.37 Å². The summed E-state index contributed by atoms with van der Waals surface area (Å²) in [6, 6.07) is 4.77. The second-order valence-electron chi connectivity index (χ2n) is 11.7. The number of carbonyl (C=O) groups excluding carboxylic acids is 4. The lowest BCUT2D eigenvalue weighted by atomic mass is 10.1. The standard InChI is InChI=1S/C32H39F4N7O4/c1-6-27(44)42-17-16-41(29(46)20-42)15-13-38(3)12-14-39(4)30-23(33)8-7-9-24(30)40(5)31(47)25-10-11-28(45)43(25)26-19-22(32(34,35)36)18-21(2)37-26/h6-9,18-19,25H,1,10-17,20H2,2-5H3. The van der Waals surface area contributed by atoms with Crippen LogP contribution in [-0.4, -0.2) is 116 Å². The smallest absolute Gasteiger partial charge is 0.369 e. The Morgan fingerprint density at radius 1 is 1.06 bits per heavy atom. The predicted molar refractivity (Wildman–Crippen MR) is 168 cm³/mol. The molecule has 0 spiro atoms. The van der Waals surface area contributed by atoms with Crippen molar-refractivity contribution in [3.8, 4) is 0 Å². The molecular weight excluding hydrogens is 622 g/mol. The van der Waals surface area contributed by atoms with Crippen molar-refractivity contribution >= 4 is 40.8 Å². The Morgan fingerprint density at radius 3 is 2.45 bits per heavy atom. The highest BCUT2D eigenvalue weighted by molar-refractivity contribution is 6.09. The van der Waals surface area contributed by atoms with Gasteiger partial charge in [-0.15, -0.1) is 0 Å². The fourth-order valence-electron chi connectivity index (χ4n) is 5.74. The molecule has 0 aliphatic carbocycles. The minimum absolute atomic E-state index is 0.00246. The fraction of sp³-hybridized carbons (Fsp3) is 0.469. The van der Waals surface area contributed by atoms with Gasteiger partial charge in [0, 0.05) is 65.5 Å². The number of benzene rings is 1. The Bertz CT molecular complexity index is 1540. The number of halogens is 4. The molecule has 15 heteroatoms. The maximum absolute atomic E-state index is 15.3. The number of hydrogen-bond acceptors (Lipinski definition) is 7. The van der Waals surface area contributed by atoms with E-state index in [0.29, 0.717) is 39.3 Å². The quantitative estimate of drug-likeness (QED) is 0.270. The van der Waals surface area contributed by atoms with Crippen LogP contribution in [0.15, 0.2) is 43.0 Å². The first-order valence-electron chi connectivity index (χ1n) is 15.1. The Kier molecular flexibility index (Phi) is 10.9. The molecule has 0 radical (unpaired) electrons. The molecule has 1 aromatic carbocycles. The summed E-state index contributed by atoms with van der Waals surface area (Å²) in [5, 5.41) is 0. The first-order chi connectivity index (χ1) is 22.1. The number of aromatic nitrogens is 1. The molecule has 0 bridgehead atoms. The SMILES string of the molecule is C=CC(=O)N1CCN(CCN(C)CCN(C)c2c(F)cccc2N(C)C(=O)C2CCC(=O)N2c2cc(C(F)(F)F)cc(C)n2)C(=O)C1. The summed E-state index contributed by atoms with van der Waals surface area (Å²) < 4.78 is 55.9. The van der Waals surface area contributed by atoms with Crippen LogP contribution in [0.4, 0.5) is 34.8 Å². The average molecular weight is 662 g/mol. The molecule has 2 aliphatic rings. The van der Waals surface area contributed by atoms with Gasteiger partial charge in [0.25, 0.3) is 0 Å². The molecule has 0 saturated carbocycles. The highest BCUT2D eigenvalue weighted by Gasteiger charge is 2.41. The van der Waals surface area contributed by atoms with Crippen LogP contribution in [-0.2, 0) is 25.4 Å². The van der Waals surface area contributed by atoms with Crippen LogP contribution in [0.1, 0.15) is 24.1 Å². The van der Waals surface area contributed by atoms with E-state index in [1.165, 1.54) is 42.0 Å². The molecule has 2 aromatic rings. The highest BCUT2D eigenvalue weighted by Crippen LogP contribution is 2.36. The lowest BCUT2D eigenvalue weighted by Gasteiger charge is -2.35. The second-order valence-corrected chi connectivity index (χ2v) is 11.7. The van der Waals surface area contributed by atoms with Crippen molar-refractivity contribution in [3.05, 3.63) is 60.1 Å². The molecule has 4 rings (SSSR count). The van der Waals surface area contributed by atoms with Crippen LogP contribution in [0.3, 0.4) is 0 Å². The Hall–Kier alpha value is -4.53. The van der Waals surface area contributed by atoms with E-state index >= 15 is 4.39 Å². The van der Waals surface area contributed by atoms with Crippen molar-refractivity contribution in [2.24, 2.45) is 0 Å². The fourth-order valence-corrected chi connectivity index (χ4v) is 5.74. The molecule has 1 aromatic heterocycles. The van der Waals surface area contributed by atoms with Crippen LogP contribution in [0.25, 0.3) is 0 Å². The van der Waals surface area contributed by atoms with Gasteiger partial charge in [0.05, 0.1) is 16.9 Å². The lowest BCUT2D eigenvalue weighted by Crippen LogP contribution is -2.53. The Balaban J connectivity index is 1.43. The number of nitrogens with zero attached hydrogens (tertiary/aromatic N) is 7. The second kappa shape index (κ2) is 14.5. The number of aryl methyl sites for hydroxylation is 1. The number of pyridine rings is 1. The van der Waals surface area contributed by atoms with Crippen molar-refractivity contribution in [2.45, 2.75) is 32.0 Å². The molecule has 2 fully saturated rings. The minimum Gasteiger partial charge on any atom is -0.369 e. The first kappa shape index (κ1) is 35.3. The number of para-hydroxylation sites is 1. The van der Waals surface area contributed by atoms with Gasteiger partial charge in [0.15, 0.2) is 0 Å². The molecule has 47 heavy (non-hydrogen) atoms. The zero-order valence-corrected chi connectivity index (χ0v) is 26.9. The molecular formula is C32H39F4N7O4. The van der Waals surface area contributed by atoms with E-state index in [-0.39, 0.29) is 54.1 Å². The van der Waals surface area contributed by atoms with Crippen LogP contribution in [0.2, 0.25) is 0 Å². The molecule has 0 N–H and O–H groups in total. The van der Waals surface area contributed by atoms with Gasteiger partial charge in [0.1, 0.15) is 24.2 Å². The molecule has 254 valence electrons. The lowest BCUT2D eigenvalue weighted by molar-refractivity contribution is -0.143. The Labute approximate surface area is 271 Å². The first-order valence-corrected chi connectivity index (χ1v) is 15.1. The van der Waals surface area contributed by atoms with Crippen molar-refractivity contribution in [2.75, 3.05) is 81.7 Å². The van der Waals surface area contributed by atoms with Crippen LogP contribution >= 0.6 is 0 Å². The third-order valence-electron chi connectivity index (χ3n) is 8.42. The zero-order chi connectivity index (χ0) is 34.6. The van der Waals surface area contributed by atoms with E-state index in [2.05, 4.69) is 11.6 Å². The number of hydrogen-bond donors (Lipinski definition) is 0. The third kappa shape index (κ3) is 8.07. The van der Waals surface area contributed by atoms with Gasteiger partial charge in [-0.2, -0.15) is 13.2 Å². The van der Waals surface area contributed by atoms with E-state index in [0.717, 1.165) is 17.0 Å². The van der Waals surface area contributed by atoms with Crippen molar-refractivity contribution in [1.29, 1.82) is 0 Å². The molecule has 2 saturated heterocycles. The molecule has 3 heterocycles. The number of carbonyl (C=O) groups is 4. The minimum atomic E-state index is -4.67. The summed E-state index contributed by atoms with van der Waals surface area (Å²) in [6.45, 7) is 7.49. The molecule has 1 atom stereocenters. The van der Waals surface area contributed by atoms with E-state index < -0.39 is 35.4 Å². The van der Waals surface area contributed by atoms with Gasteiger partial charge in [-0.1, -0.05) is 12.6 Å².